The average molecular weight is 226 g/mol. The molecule has 88 valence electrons. The Bertz CT molecular complexity index is 374. The molecule has 1 fully saturated rings. The first-order chi connectivity index (χ1) is 7.70. The van der Waals surface area contributed by atoms with Crippen molar-refractivity contribution in [1.29, 1.82) is 0 Å². The third kappa shape index (κ3) is 2.21. The first kappa shape index (κ1) is 11.1. The van der Waals surface area contributed by atoms with Gasteiger partial charge in [0, 0.05) is 20.2 Å². The standard InChI is InChI=1S/C10H15FN4O/c1-16-7-3-2-4-15(6-7)9-8(11)5-13-10(12)14-9/h5,7H,2-4,6H2,1H3,(H2,12,13,14). The Morgan fingerprint density at radius 3 is 3.19 bits per heavy atom. The first-order valence-electron chi connectivity index (χ1n) is 5.26. The van der Waals surface area contributed by atoms with Crippen LogP contribution in [0.25, 0.3) is 0 Å². The molecule has 16 heavy (non-hydrogen) atoms. The summed E-state index contributed by atoms with van der Waals surface area (Å²) in [5, 5.41) is 0. The lowest BCUT2D eigenvalue weighted by Gasteiger charge is -2.32. The fraction of sp³-hybridized carbons (Fsp3) is 0.600. The molecule has 0 aliphatic carbocycles. The quantitative estimate of drug-likeness (QED) is 0.808. The topological polar surface area (TPSA) is 64.3 Å². The van der Waals surface area contributed by atoms with Gasteiger partial charge in [0.2, 0.25) is 5.95 Å². The molecule has 1 atom stereocenters. The lowest BCUT2D eigenvalue weighted by molar-refractivity contribution is 0.0889. The van der Waals surface area contributed by atoms with Gasteiger partial charge in [-0.25, -0.2) is 9.37 Å². The molecule has 0 spiro atoms. The first-order valence-corrected chi connectivity index (χ1v) is 5.26. The Labute approximate surface area is 93.4 Å². The van der Waals surface area contributed by atoms with E-state index < -0.39 is 5.82 Å². The summed E-state index contributed by atoms with van der Waals surface area (Å²) >= 11 is 0. The molecule has 0 aromatic carbocycles. The van der Waals surface area contributed by atoms with Gasteiger partial charge in [-0.15, -0.1) is 0 Å². The molecule has 2 N–H and O–H groups in total. The summed E-state index contributed by atoms with van der Waals surface area (Å²) in [7, 11) is 1.67. The molecule has 1 aromatic rings. The SMILES string of the molecule is COC1CCCN(c2nc(N)ncc2F)C1. The van der Waals surface area contributed by atoms with E-state index in [0.29, 0.717) is 6.54 Å². The number of hydrogen-bond acceptors (Lipinski definition) is 5. The number of aromatic nitrogens is 2. The van der Waals surface area contributed by atoms with E-state index in [2.05, 4.69) is 9.97 Å². The van der Waals surface area contributed by atoms with Gasteiger partial charge >= 0.3 is 0 Å². The zero-order valence-corrected chi connectivity index (χ0v) is 9.19. The molecule has 2 heterocycles. The molecule has 0 bridgehead atoms. The number of nitrogen functional groups attached to an aromatic ring is 1. The number of rotatable bonds is 2. The number of nitrogens with two attached hydrogens (primary N) is 1. The highest BCUT2D eigenvalue weighted by molar-refractivity contribution is 5.43. The second-order valence-corrected chi connectivity index (χ2v) is 3.85. The fourth-order valence-corrected chi connectivity index (χ4v) is 1.92. The van der Waals surface area contributed by atoms with Crippen LogP contribution in [0.5, 0.6) is 0 Å². The molecule has 1 aliphatic heterocycles. The monoisotopic (exact) mass is 226 g/mol. The third-order valence-electron chi connectivity index (χ3n) is 2.76. The van der Waals surface area contributed by atoms with Crippen LogP contribution < -0.4 is 10.6 Å². The summed E-state index contributed by atoms with van der Waals surface area (Å²) in [4.78, 5) is 9.39. The van der Waals surface area contributed by atoms with Crippen molar-refractivity contribution in [2.24, 2.45) is 0 Å². The highest BCUT2D eigenvalue weighted by atomic mass is 19.1. The summed E-state index contributed by atoms with van der Waals surface area (Å²) in [5.41, 5.74) is 5.45. The maximum atomic E-state index is 13.5. The van der Waals surface area contributed by atoms with Crippen LogP contribution in [0.2, 0.25) is 0 Å². The minimum absolute atomic E-state index is 0.0935. The van der Waals surface area contributed by atoms with Gasteiger partial charge in [0.1, 0.15) is 0 Å². The van der Waals surface area contributed by atoms with Crippen molar-refractivity contribution in [1.82, 2.24) is 9.97 Å². The van der Waals surface area contributed by atoms with E-state index in [0.717, 1.165) is 25.6 Å². The Balaban J connectivity index is 2.19. The van der Waals surface area contributed by atoms with Gasteiger partial charge < -0.3 is 15.4 Å². The van der Waals surface area contributed by atoms with Gasteiger partial charge in [0.15, 0.2) is 11.6 Å². The lowest BCUT2D eigenvalue weighted by Crippen LogP contribution is -2.40. The lowest BCUT2D eigenvalue weighted by atomic mass is 10.1. The highest BCUT2D eigenvalue weighted by Crippen LogP contribution is 2.21. The van der Waals surface area contributed by atoms with E-state index in [4.69, 9.17) is 10.5 Å². The summed E-state index contributed by atoms with van der Waals surface area (Å²) < 4.78 is 18.8. The van der Waals surface area contributed by atoms with Crippen molar-refractivity contribution in [3.8, 4) is 0 Å². The highest BCUT2D eigenvalue weighted by Gasteiger charge is 2.23. The van der Waals surface area contributed by atoms with Crippen LogP contribution in [0.3, 0.4) is 0 Å². The van der Waals surface area contributed by atoms with Crippen molar-refractivity contribution < 1.29 is 9.13 Å². The van der Waals surface area contributed by atoms with Crippen LogP contribution in [-0.2, 0) is 4.74 Å². The van der Waals surface area contributed by atoms with Crippen molar-refractivity contribution in [2.45, 2.75) is 18.9 Å². The Morgan fingerprint density at radius 2 is 2.44 bits per heavy atom. The van der Waals surface area contributed by atoms with E-state index in [1.165, 1.54) is 0 Å². The van der Waals surface area contributed by atoms with Gasteiger partial charge in [-0.05, 0) is 12.8 Å². The van der Waals surface area contributed by atoms with Crippen molar-refractivity contribution in [3.05, 3.63) is 12.0 Å². The largest absolute Gasteiger partial charge is 0.380 e. The van der Waals surface area contributed by atoms with Crippen LogP contribution in [0.1, 0.15) is 12.8 Å². The van der Waals surface area contributed by atoms with Crippen molar-refractivity contribution in [2.75, 3.05) is 30.8 Å². The van der Waals surface area contributed by atoms with Crippen LogP contribution >= 0.6 is 0 Å². The molecule has 0 amide bonds. The molecule has 5 nitrogen and oxygen atoms in total. The maximum absolute atomic E-state index is 13.5. The predicted octanol–water partition coefficient (Wildman–Crippen LogP) is 0.813. The zero-order chi connectivity index (χ0) is 11.5. The fourth-order valence-electron chi connectivity index (χ4n) is 1.92. The summed E-state index contributed by atoms with van der Waals surface area (Å²) in [5.74, 6) is -0.0730. The van der Waals surface area contributed by atoms with Crippen LogP contribution in [-0.4, -0.2) is 36.3 Å². The molecule has 1 saturated heterocycles. The molecule has 1 unspecified atom stereocenters. The zero-order valence-electron chi connectivity index (χ0n) is 9.19. The van der Waals surface area contributed by atoms with Gasteiger partial charge in [0.25, 0.3) is 0 Å². The number of hydrogen-bond donors (Lipinski definition) is 1. The third-order valence-corrected chi connectivity index (χ3v) is 2.76. The van der Waals surface area contributed by atoms with Gasteiger partial charge in [-0.1, -0.05) is 0 Å². The minimum atomic E-state index is -0.439. The molecular formula is C10H15FN4O. The Hall–Kier alpha value is -1.43. The number of ether oxygens (including phenoxy) is 1. The van der Waals surface area contributed by atoms with E-state index in [9.17, 15) is 4.39 Å². The van der Waals surface area contributed by atoms with E-state index >= 15 is 0 Å². The average Bonchev–Trinajstić information content (AvgIpc) is 2.32. The van der Waals surface area contributed by atoms with Crippen LogP contribution in [0, 0.1) is 5.82 Å². The summed E-state index contributed by atoms with van der Waals surface area (Å²) in [6, 6.07) is 0. The molecule has 6 heteroatoms. The number of methoxy groups -OCH3 is 1. The molecular weight excluding hydrogens is 211 g/mol. The second-order valence-electron chi connectivity index (χ2n) is 3.85. The van der Waals surface area contributed by atoms with Crippen molar-refractivity contribution in [3.63, 3.8) is 0 Å². The molecule has 2 rings (SSSR count). The maximum Gasteiger partial charge on any atom is 0.222 e. The number of halogens is 1. The normalized spacial score (nSPS) is 21.1. The number of piperidine rings is 1. The summed E-state index contributed by atoms with van der Waals surface area (Å²) in [6.07, 6.45) is 3.19. The predicted molar refractivity (Wildman–Crippen MR) is 58.6 cm³/mol. The summed E-state index contributed by atoms with van der Waals surface area (Å²) in [6.45, 7) is 1.41. The number of nitrogens with zero attached hydrogens (tertiary/aromatic N) is 3. The molecule has 0 saturated carbocycles. The van der Waals surface area contributed by atoms with E-state index in [1.807, 2.05) is 4.90 Å². The van der Waals surface area contributed by atoms with E-state index in [1.54, 1.807) is 7.11 Å². The smallest absolute Gasteiger partial charge is 0.222 e. The molecule has 1 aromatic heterocycles. The molecule has 1 aliphatic rings. The van der Waals surface area contributed by atoms with E-state index in [-0.39, 0.29) is 17.9 Å². The van der Waals surface area contributed by atoms with Gasteiger partial charge in [-0.3, -0.25) is 0 Å². The van der Waals surface area contributed by atoms with Crippen LogP contribution in [0.15, 0.2) is 6.20 Å². The Kier molecular flexibility index (Phi) is 3.19. The Morgan fingerprint density at radius 1 is 1.62 bits per heavy atom. The molecule has 0 radical (unpaired) electrons. The van der Waals surface area contributed by atoms with Gasteiger partial charge in [0.05, 0.1) is 12.3 Å². The van der Waals surface area contributed by atoms with Gasteiger partial charge in [-0.2, -0.15) is 4.98 Å². The minimum Gasteiger partial charge on any atom is -0.380 e. The van der Waals surface area contributed by atoms with Crippen molar-refractivity contribution >= 4 is 11.8 Å². The second kappa shape index (κ2) is 4.61. The number of anilines is 2. The van der Waals surface area contributed by atoms with Crippen LogP contribution in [0.4, 0.5) is 16.2 Å².